The van der Waals surface area contributed by atoms with Gasteiger partial charge in [0.25, 0.3) is 0 Å². The molecule has 1 N–H and O–H groups in total. The van der Waals surface area contributed by atoms with Crippen LogP contribution in [0.15, 0.2) is 28.8 Å². The largest absolute Gasteiger partial charge is 0.441 e. The van der Waals surface area contributed by atoms with E-state index in [1.165, 1.54) is 18.9 Å². The van der Waals surface area contributed by atoms with Crippen LogP contribution in [0.2, 0.25) is 0 Å². The lowest BCUT2D eigenvalue weighted by molar-refractivity contribution is 0.494. The third-order valence-electron chi connectivity index (χ3n) is 3.36. The molecule has 100 valence electrons. The number of benzene rings is 1. The fourth-order valence-electron chi connectivity index (χ4n) is 1.98. The van der Waals surface area contributed by atoms with Crippen molar-refractivity contribution >= 4 is 0 Å². The first-order valence-electron chi connectivity index (χ1n) is 6.67. The number of rotatable bonds is 5. The van der Waals surface area contributed by atoms with Crippen molar-refractivity contribution < 1.29 is 8.81 Å². The van der Waals surface area contributed by atoms with Crippen LogP contribution in [-0.2, 0) is 6.42 Å². The van der Waals surface area contributed by atoms with Gasteiger partial charge in [-0.2, -0.15) is 0 Å². The van der Waals surface area contributed by atoms with E-state index in [1.807, 2.05) is 6.07 Å². The van der Waals surface area contributed by atoms with Gasteiger partial charge >= 0.3 is 0 Å². The minimum Gasteiger partial charge on any atom is -0.441 e. The summed E-state index contributed by atoms with van der Waals surface area (Å²) in [5.74, 6) is 1.11. The lowest BCUT2D eigenvalue weighted by atomic mass is 10.1. The Bertz CT molecular complexity index is 575. The SMILES string of the molecule is Cc1ccc(-c2cnc(CCNC3CC3)o2)cc1F. The Morgan fingerprint density at radius 3 is 3.00 bits per heavy atom. The number of nitrogens with zero attached hydrogens (tertiary/aromatic N) is 1. The summed E-state index contributed by atoms with van der Waals surface area (Å²) in [7, 11) is 0. The molecule has 1 heterocycles. The second-order valence-electron chi connectivity index (χ2n) is 5.06. The highest BCUT2D eigenvalue weighted by Gasteiger charge is 2.20. The monoisotopic (exact) mass is 260 g/mol. The second kappa shape index (κ2) is 5.13. The van der Waals surface area contributed by atoms with E-state index in [0.717, 1.165) is 18.5 Å². The van der Waals surface area contributed by atoms with Crippen molar-refractivity contribution in [3.05, 3.63) is 41.7 Å². The van der Waals surface area contributed by atoms with E-state index in [4.69, 9.17) is 4.42 Å². The first-order valence-corrected chi connectivity index (χ1v) is 6.67. The Kier molecular flexibility index (Phi) is 3.34. The molecule has 1 saturated carbocycles. The number of hydrogen-bond acceptors (Lipinski definition) is 3. The van der Waals surface area contributed by atoms with E-state index in [0.29, 0.717) is 23.3 Å². The maximum Gasteiger partial charge on any atom is 0.196 e. The standard InChI is InChI=1S/C15H17FN2O/c1-10-2-3-11(8-13(10)16)14-9-18-15(19-14)6-7-17-12-4-5-12/h2-3,8-9,12,17H,4-7H2,1H3. The molecule has 0 unspecified atom stereocenters. The summed E-state index contributed by atoms with van der Waals surface area (Å²) in [6.45, 7) is 2.63. The molecule has 0 spiro atoms. The molecule has 0 bridgehead atoms. The third-order valence-corrected chi connectivity index (χ3v) is 3.36. The number of oxazole rings is 1. The zero-order valence-corrected chi connectivity index (χ0v) is 10.9. The molecule has 0 saturated heterocycles. The van der Waals surface area contributed by atoms with Crippen LogP contribution in [0.1, 0.15) is 24.3 Å². The molecule has 1 aromatic carbocycles. The van der Waals surface area contributed by atoms with E-state index in [1.54, 1.807) is 19.2 Å². The van der Waals surface area contributed by atoms with E-state index in [2.05, 4.69) is 10.3 Å². The molecule has 1 aliphatic carbocycles. The second-order valence-corrected chi connectivity index (χ2v) is 5.06. The number of nitrogens with one attached hydrogen (secondary N) is 1. The van der Waals surface area contributed by atoms with E-state index in [9.17, 15) is 4.39 Å². The van der Waals surface area contributed by atoms with Crippen molar-refractivity contribution in [2.24, 2.45) is 0 Å². The molecule has 1 fully saturated rings. The number of halogens is 1. The lowest BCUT2D eigenvalue weighted by Crippen LogP contribution is -2.19. The first-order chi connectivity index (χ1) is 9.22. The van der Waals surface area contributed by atoms with Crippen molar-refractivity contribution in [3.8, 4) is 11.3 Å². The number of hydrogen-bond donors (Lipinski definition) is 1. The molecular weight excluding hydrogens is 243 g/mol. The Balaban J connectivity index is 1.67. The fraction of sp³-hybridized carbons (Fsp3) is 0.400. The molecule has 0 amide bonds. The topological polar surface area (TPSA) is 38.1 Å². The van der Waals surface area contributed by atoms with E-state index in [-0.39, 0.29) is 5.82 Å². The van der Waals surface area contributed by atoms with Crippen LogP contribution in [0.25, 0.3) is 11.3 Å². The molecule has 19 heavy (non-hydrogen) atoms. The van der Waals surface area contributed by atoms with Gasteiger partial charge in [-0.25, -0.2) is 9.37 Å². The molecule has 0 atom stereocenters. The highest BCUT2D eigenvalue weighted by atomic mass is 19.1. The lowest BCUT2D eigenvalue weighted by Gasteiger charge is -2.00. The Morgan fingerprint density at radius 1 is 1.42 bits per heavy atom. The first kappa shape index (κ1) is 12.4. The molecule has 1 aliphatic rings. The summed E-state index contributed by atoms with van der Waals surface area (Å²) in [6.07, 6.45) is 4.99. The van der Waals surface area contributed by atoms with Crippen LogP contribution in [0.4, 0.5) is 4.39 Å². The van der Waals surface area contributed by atoms with Gasteiger partial charge in [0, 0.05) is 24.6 Å². The zero-order chi connectivity index (χ0) is 13.2. The van der Waals surface area contributed by atoms with Gasteiger partial charge in [0.05, 0.1) is 6.20 Å². The number of aryl methyl sites for hydroxylation is 1. The van der Waals surface area contributed by atoms with Crippen LogP contribution in [0.5, 0.6) is 0 Å². The van der Waals surface area contributed by atoms with Crippen molar-refractivity contribution in [3.63, 3.8) is 0 Å². The minimum atomic E-state index is -0.217. The summed E-state index contributed by atoms with van der Waals surface area (Å²) in [5.41, 5.74) is 1.37. The molecule has 0 radical (unpaired) electrons. The van der Waals surface area contributed by atoms with Crippen LogP contribution in [0, 0.1) is 12.7 Å². The minimum absolute atomic E-state index is 0.217. The van der Waals surface area contributed by atoms with Crippen LogP contribution >= 0.6 is 0 Å². The van der Waals surface area contributed by atoms with Crippen molar-refractivity contribution in [2.75, 3.05) is 6.54 Å². The normalized spacial score (nSPS) is 14.8. The zero-order valence-electron chi connectivity index (χ0n) is 10.9. The predicted octanol–water partition coefficient (Wildman–Crippen LogP) is 3.08. The van der Waals surface area contributed by atoms with Crippen LogP contribution < -0.4 is 5.32 Å². The van der Waals surface area contributed by atoms with Gasteiger partial charge in [-0.1, -0.05) is 12.1 Å². The molecule has 1 aromatic heterocycles. The molecular formula is C15H17FN2O. The smallest absolute Gasteiger partial charge is 0.196 e. The highest BCUT2D eigenvalue weighted by Crippen LogP contribution is 2.23. The average Bonchev–Trinajstić information content (AvgIpc) is 3.10. The summed E-state index contributed by atoms with van der Waals surface area (Å²) >= 11 is 0. The van der Waals surface area contributed by atoms with E-state index >= 15 is 0 Å². The van der Waals surface area contributed by atoms with Crippen molar-refractivity contribution in [1.82, 2.24) is 10.3 Å². The summed E-state index contributed by atoms with van der Waals surface area (Å²) in [6, 6.07) is 5.79. The molecule has 4 heteroatoms. The van der Waals surface area contributed by atoms with Gasteiger partial charge in [-0.05, 0) is 31.4 Å². The van der Waals surface area contributed by atoms with Crippen LogP contribution in [0.3, 0.4) is 0 Å². The molecule has 2 aromatic rings. The fourth-order valence-corrected chi connectivity index (χ4v) is 1.98. The summed E-state index contributed by atoms with van der Waals surface area (Å²) < 4.78 is 19.1. The van der Waals surface area contributed by atoms with Gasteiger partial charge in [0.1, 0.15) is 5.82 Å². The predicted molar refractivity (Wildman–Crippen MR) is 71.4 cm³/mol. The Hall–Kier alpha value is -1.68. The quantitative estimate of drug-likeness (QED) is 0.897. The summed E-state index contributed by atoms with van der Waals surface area (Å²) in [5, 5.41) is 3.41. The molecule has 3 nitrogen and oxygen atoms in total. The van der Waals surface area contributed by atoms with E-state index < -0.39 is 0 Å². The number of aromatic nitrogens is 1. The van der Waals surface area contributed by atoms with Crippen LogP contribution in [-0.4, -0.2) is 17.6 Å². The van der Waals surface area contributed by atoms with Crippen molar-refractivity contribution in [2.45, 2.75) is 32.2 Å². The highest BCUT2D eigenvalue weighted by molar-refractivity contribution is 5.56. The third kappa shape index (κ3) is 3.01. The van der Waals surface area contributed by atoms with Gasteiger partial charge in [0.15, 0.2) is 11.7 Å². The Morgan fingerprint density at radius 2 is 2.26 bits per heavy atom. The average molecular weight is 260 g/mol. The van der Waals surface area contributed by atoms with Gasteiger partial charge in [-0.3, -0.25) is 0 Å². The Labute approximate surface area is 111 Å². The van der Waals surface area contributed by atoms with Gasteiger partial charge in [0.2, 0.25) is 0 Å². The maximum atomic E-state index is 13.5. The molecule has 0 aliphatic heterocycles. The molecule has 3 rings (SSSR count). The summed E-state index contributed by atoms with van der Waals surface area (Å²) in [4.78, 5) is 4.23. The van der Waals surface area contributed by atoms with Gasteiger partial charge < -0.3 is 9.73 Å². The van der Waals surface area contributed by atoms with Gasteiger partial charge in [-0.15, -0.1) is 0 Å². The van der Waals surface area contributed by atoms with Crippen molar-refractivity contribution in [1.29, 1.82) is 0 Å². The maximum absolute atomic E-state index is 13.5.